The van der Waals surface area contributed by atoms with Gasteiger partial charge < -0.3 is 15.7 Å². The summed E-state index contributed by atoms with van der Waals surface area (Å²) in [6.07, 6.45) is 4.61. The van der Waals surface area contributed by atoms with Crippen LogP contribution in [-0.2, 0) is 9.59 Å². The average Bonchev–Trinajstić information content (AvgIpc) is 2.42. The van der Waals surface area contributed by atoms with Gasteiger partial charge in [-0.2, -0.15) is 0 Å². The van der Waals surface area contributed by atoms with Gasteiger partial charge in [0.1, 0.15) is 12.1 Å². The van der Waals surface area contributed by atoms with E-state index in [0.717, 1.165) is 37.3 Å². The first-order valence-corrected chi connectivity index (χ1v) is 7.09. The van der Waals surface area contributed by atoms with Gasteiger partial charge in [0.2, 0.25) is 5.91 Å². The van der Waals surface area contributed by atoms with Crippen LogP contribution in [0.2, 0.25) is 0 Å². The standard InChI is InChI=1S/C14H22N4O3/c1-11-9-12(18-10-17-11)15-7-4-2-3-5-13(19)16-8-6-14(20)21/h9-10H,2-8H2,1H3,(H,16,19)(H,20,21)(H,15,17,18). The molecule has 0 saturated carbocycles. The second-order valence-corrected chi connectivity index (χ2v) is 4.78. The monoisotopic (exact) mass is 294 g/mol. The molecule has 1 rings (SSSR count). The fraction of sp³-hybridized carbons (Fsp3) is 0.571. The van der Waals surface area contributed by atoms with Crippen molar-refractivity contribution in [1.82, 2.24) is 15.3 Å². The van der Waals surface area contributed by atoms with Crippen molar-refractivity contribution in [2.24, 2.45) is 0 Å². The molecular formula is C14H22N4O3. The van der Waals surface area contributed by atoms with Crippen molar-refractivity contribution in [3.63, 3.8) is 0 Å². The Morgan fingerprint density at radius 3 is 2.67 bits per heavy atom. The van der Waals surface area contributed by atoms with Crippen molar-refractivity contribution < 1.29 is 14.7 Å². The van der Waals surface area contributed by atoms with Crippen LogP contribution in [0.25, 0.3) is 0 Å². The second-order valence-electron chi connectivity index (χ2n) is 4.78. The lowest BCUT2D eigenvalue weighted by molar-refractivity contribution is -0.136. The van der Waals surface area contributed by atoms with Gasteiger partial charge in [-0.25, -0.2) is 9.97 Å². The molecule has 0 aromatic carbocycles. The third kappa shape index (κ3) is 8.56. The van der Waals surface area contributed by atoms with Crippen molar-refractivity contribution in [2.75, 3.05) is 18.4 Å². The number of nitrogens with one attached hydrogen (secondary N) is 2. The Morgan fingerprint density at radius 1 is 1.14 bits per heavy atom. The molecule has 0 unspecified atom stereocenters. The number of amides is 1. The minimum atomic E-state index is -0.902. The van der Waals surface area contributed by atoms with Gasteiger partial charge in [0.05, 0.1) is 6.42 Å². The molecule has 116 valence electrons. The Bertz CT molecular complexity index is 465. The number of aryl methyl sites for hydroxylation is 1. The highest BCUT2D eigenvalue weighted by Crippen LogP contribution is 2.04. The molecule has 1 aromatic rings. The molecule has 3 N–H and O–H groups in total. The third-order valence-electron chi connectivity index (χ3n) is 2.85. The maximum Gasteiger partial charge on any atom is 0.305 e. The highest BCUT2D eigenvalue weighted by Gasteiger charge is 2.02. The predicted molar refractivity (Wildman–Crippen MR) is 79.0 cm³/mol. The number of carbonyl (C=O) groups is 2. The smallest absolute Gasteiger partial charge is 0.305 e. The first-order valence-electron chi connectivity index (χ1n) is 7.09. The molecule has 1 amide bonds. The van der Waals surface area contributed by atoms with Gasteiger partial charge in [-0.15, -0.1) is 0 Å². The highest BCUT2D eigenvalue weighted by molar-refractivity contribution is 5.76. The molecule has 21 heavy (non-hydrogen) atoms. The Labute approximate surface area is 124 Å². The quantitative estimate of drug-likeness (QED) is 0.563. The van der Waals surface area contributed by atoms with E-state index in [9.17, 15) is 9.59 Å². The molecule has 0 aliphatic carbocycles. The van der Waals surface area contributed by atoms with Crippen LogP contribution < -0.4 is 10.6 Å². The van der Waals surface area contributed by atoms with Crippen LogP contribution in [-0.4, -0.2) is 40.0 Å². The SMILES string of the molecule is Cc1cc(NCCCCCC(=O)NCCC(=O)O)ncn1. The van der Waals surface area contributed by atoms with E-state index in [1.54, 1.807) is 0 Å². The number of unbranched alkanes of at least 4 members (excludes halogenated alkanes) is 2. The largest absolute Gasteiger partial charge is 0.481 e. The molecule has 1 heterocycles. The molecule has 0 radical (unpaired) electrons. The normalized spacial score (nSPS) is 10.1. The van der Waals surface area contributed by atoms with E-state index in [4.69, 9.17) is 5.11 Å². The van der Waals surface area contributed by atoms with Crippen LogP contribution in [0.5, 0.6) is 0 Å². The van der Waals surface area contributed by atoms with Gasteiger partial charge in [0.25, 0.3) is 0 Å². The van der Waals surface area contributed by atoms with Crippen LogP contribution in [0.4, 0.5) is 5.82 Å². The van der Waals surface area contributed by atoms with Gasteiger partial charge in [-0.3, -0.25) is 9.59 Å². The van der Waals surface area contributed by atoms with E-state index in [1.807, 2.05) is 13.0 Å². The number of aromatic nitrogens is 2. The summed E-state index contributed by atoms with van der Waals surface area (Å²) < 4.78 is 0. The van der Waals surface area contributed by atoms with Crippen LogP contribution in [0.3, 0.4) is 0 Å². The molecule has 0 atom stereocenters. The molecular weight excluding hydrogens is 272 g/mol. The van der Waals surface area contributed by atoms with Crippen LogP contribution in [0, 0.1) is 6.92 Å². The molecule has 0 spiro atoms. The summed E-state index contributed by atoms with van der Waals surface area (Å²) >= 11 is 0. The van der Waals surface area contributed by atoms with Gasteiger partial charge in [-0.05, 0) is 19.8 Å². The summed E-state index contributed by atoms with van der Waals surface area (Å²) in [4.78, 5) is 29.8. The number of rotatable bonds is 10. The van der Waals surface area contributed by atoms with Crippen LogP contribution in [0.1, 0.15) is 37.8 Å². The van der Waals surface area contributed by atoms with Crippen molar-refractivity contribution in [3.05, 3.63) is 18.1 Å². The Hall–Kier alpha value is -2.18. The Morgan fingerprint density at radius 2 is 1.95 bits per heavy atom. The number of anilines is 1. The topological polar surface area (TPSA) is 104 Å². The second kappa shape index (κ2) is 9.68. The fourth-order valence-electron chi connectivity index (χ4n) is 1.75. The van der Waals surface area contributed by atoms with Crippen LogP contribution in [0.15, 0.2) is 12.4 Å². The molecule has 7 nitrogen and oxygen atoms in total. The number of nitrogens with zero attached hydrogens (tertiary/aromatic N) is 2. The van der Waals surface area contributed by atoms with Gasteiger partial charge in [0.15, 0.2) is 0 Å². The zero-order valence-electron chi connectivity index (χ0n) is 12.3. The average molecular weight is 294 g/mol. The fourth-order valence-corrected chi connectivity index (χ4v) is 1.75. The summed E-state index contributed by atoms with van der Waals surface area (Å²) in [7, 11) is 0. The van der Waals surface area contributed by atoms with E-state index in [1.165, 1.54) is 6.33 Å². The lowest BCUT2D eigenvalue weighted by atomic mass is 10.2. The highest BCUT2D eigenvalue weighted by atomic mass is 16.4. The van der Waals surface area contributed by atoms with E-state index >= 15 is 0 Å². The molecule has 0 saturated heterocycles. The summed E-state index contributed by atoms with van der Waals surface area (Å²) in [6.45, 7) is 2.91. The lowest BCUT2D eigenvalue weighted by Gasteiger charge is -2.06. The number of hydrogen-bond acceptors (Lipinski definition) is 5. The molecule has 0 fully saturated rings. The van der Waals surface area contributed by atoms with E-state index < -0.39 is 5.97 Å². The Kier molecular flexibility index (Phi) is 7.78. The first-order chi connectivity index (χ1) is 10.1. The number of carboxylic acids is 1. The van der Waals surface area contributed by atoms with E-state index in [2.05, 4.69) is 20.6 Å². The maximum absolute atomic E-state index is 11.4. The van der Waals surface area contributed by atoms with Crippen molar-refractivity contribution in [1.29, 1.82) is 0 Å². The number of carbonyl (C=O) groups excluding carboxylic acids is 1. The first kappa shape index (κ1) is 16.9. The minimum Gasteiger partial charge on any atom is -0.481 e. The molecule has 0 aliphatic heterocycles. The van der Waals surface area contributed by atoms with Crippen molar-refractivity contribution in [3.8, 4) is 0 Å². The van der Waals surface area contributed by atoms with Gasteiger partial charge >= 0.3 is 5.97 Å². The summed E-state index contributed by atoms with van der Waals surface area (Å²) in [5.41, 5.74) is 0.922. The van der Waals surface area contributed by atoms with Gasteiger partial charge in [0, 0.05) is 31.3 Å². The van der Waals surface area contributed by atoms with Crippen LogP contribution >= 0.6 is 0 Å². The third-order valence-corrected chi connectivity index (χ3v) is 2.85. The predicted octanol–water partition coefficient (Wildman–Crippen LogP) is 1.35. The van der Waals surface area contributed by atoms with Gasteiger partial charge in [-0.1, -0.05) is 6.42 Å². The minimum absolute atomic E-state index is 0.0337. The number of carboxylic acid groups (broad SMARTS) is 1. The molecule has 0 aliphatic rings. The van der Waals surface area contributed by atoms with E-state index in [0.29, 0.717) is 6.42 Å². The summed E-state index contributed by atoms with van der Waals surface area (Å²) in [5.74, 6) is -0.175. The summed E-state index contributed by atoms with van der Waals surface area (Å²) in [5, 5.41) is 14.2. The number of hydrogen-bond donors (Lipinski definition) is 3. The van der Waals surface area contributed by atoms with E-state index in [-0.39, 0.29) is 18.9 Å². The molecule has 1 aromatic heterocycles. The summed E-state index contributed by atoms with van der Waals surface area (Å²) in [6, 6.07) is 1.88. The zero-order chi connectivity index (χ0) is 15.5. The molecule has 7 heteroatoms. The van der Waals surface area contributed by atoms with Crippen molar-refractivity contribution >= 4 is 17.7 Å². The maximum atomic E-state index is 11.4. The lowest BCUT2D eigenvalue weighted by Crippen LogP contribution is -2.25. The van der Waals surface area contributed by atoms with Crippen molar-refractivity contribution in [2.45, 2.75) is 39.0 Å². The number of aliphatic carboxylic acids is 1. The Balaban J connectivity index is 1.99. The molecule has 0 bridgehead atoms. The zero-order valence-corrected chi connectivity index (χ0v) is 12.3.